The average molecular weight is 683 g/mol. The molecule has 0 unspecified atom stereocenters. The molecule has 1 fully saturated rings. The Balaban J connectivity index is 1.77. The number of nitrogens with zero attached hydrogens (tertiary/aromatic N) is 1. The summed E-state index contributed by atoms with van der Waals surface area (Å²) in [6.07, 6.45) is -0.228. The molecule has 4 amide bonds. The van der Waals surface area contributed by atoms with Crippen molar-refractivity contribution in [3.8, 4) is 5.75 Å². The topological polar surface area (TPSA) is 273 Å². The van der Waals surface area contributed by atoms with Gasteiger partial charge in [-0.1, -0.05) is 42.5 Å². The van der Waals surface area contributed by atoms with Crippen LogP contribution < -0.4 is 32.7 Å². The van der Waals surface area contributed by atoms with Gasteiger partial charge >= 0.3 is 5.97 Å². The Bertz CT molecular complexity index is 1460. The van der Waals surface area contributed by atoms with E-state index >= 15 is 0 Å². The summed E-state index contributed by atoms with van der Waals surface area (Å²) in [7, 11) is 0. The van der Waals surface area contributed by atoms with Crippen LogP contribution in [0.4, 0.5) is 0 Å². The van der Waals surface area contributed by atoms with Crippen molar-refractivity contribution in [3.63, 3.8) is 0 Å². The molecular formula is C33H46N8O8. The van der Waals surface area contributed by atoms with E-state index in [1.807, 2.05) is 6.07 Å². The van der Waals surface area contributed by atoms with Crippen LogP contribution in [-0.4, -0.2) is 105 Å². The number of aliphatic hydroxyl groups excluding tert-OH is 1. The van der Waals surface area contributed by atoms with Gasteiger partial charge in [0.25, 0.3) is 0 Å². The van der Waals surface area contributed by atoms with E-state index in [1.165, 1.54) is 24.0 Å². The number of nitrogens with one attached hydrogen (secondary N) is 5. The van der Waals surface area contributed by atoms with Crippen molar-refractivity contribution < 1.29 is 39.3 Å². The van der Waals surface area contributed by atoms with E-state index in [2.05, 4.69) is 21.3 Å². The minimum atomic E-state index is -1.48. The molecule has 16 heteroatoms. The molecule has 2 aromatic rings. The minimum Gasteiger partial charge on any atom is -0.508 e. The van der Waals surface area contributed by atoms with E-state index in [0.717, 1.165) is 5.56 Å². The normalized spacial score (nSPS) is 17.1. The predicted molar refractivity (Wildman–Crippen MR) is 179 cm³/mol. The molecule has 2 aromatic carbocycles. The third-order valence-electron chi connectivity index (χ3n) is 8.13. The number of aromatic hydroxyl groups is 1. The van der Waals surface area contributed by atoms with Gasteiger partial charge in [-0.2, -0.15) is 0 Å². The van der Waals surface area contributed by atoms with Crippen molar-refractivity contribution in [2.75, 3.05) is 13.1 Å². The summed E-state index contributed by atoms with van der Waals surface area (Å²) in [5.41, 5.74) is 12.7. The number of likely N-dealkylation sites (tertiary alicyclic amines) is 1. The number of hydrogen-bond acceptors (Lipinski definition) is 9. The van der Waals surface area contributed by atoms with Gasteiger partial charge in [0, 0.05) is 19.5 Å². The molecule has 1 aliphatic heterocycles. The molecule has 0 bridgehead atoms. The molecule has 1 aliphatic rings. The van der Waals surface area contributed by atoms with Gasteiger partial charge in [-0.05, 0) is 62.3 Å². The highest BCUT2D eigenvalue weighted by molar-refractivity contribution is 5.96. The number of phenolic OH excluding ortho intramolecular Hbond substituents is 1. The van der Waals surface area contributed by atoms with E-state index in [0.29, 0.717) is 18.4 Å². The van der Waals surface area contributed by atoms with Gasteiger partial charge in [0.15, 0.2) is 5.96 Å². The van der Waals surface area contributed by atoms with Crippen LogP contribution in [0.5, 0.6) is 5.75 Å². The number of nitrogens with two attached hydrogens (primary N) is 2. The van der Waals surface area contributed by atoms with Crippen LogP contribution in [-0.2, 0) is 36.8 Å². The number of carbonyl (C=O) groups excluding carboxylic acids is 4. The number of carboxylic acids is 1. The van der Waals surface area contributed by atoms with Gasteiger partial charge in [-0.3, -0.25) is 24.6 Å². The fraction of sp³-hybridized carbons (Fsp3) is 0.455. The SMILES string of the molecule is C[C@@H](O)[C@H](NC(=O)[C@@H](N)Cc1ccccc1)C(=O)N[C@@H](Cc1ccc(O)cc1)C(=O)N1CCC[C@H]1C(=O)N[C@@H](CCCNC(=N)N)C(=O)O. The molecule has 0 radical (unpaired) electrons. The molecule has 1 heterocycles. The van der Waals surface area contributed by atoms with Crippen molar-refractivity contribution in [2.24, 2.45) is 11.5 Å². The summed E-state index contributed by atoms with van der Waals surface area (Å²) in [6.45, 7) is 1.69. The Hall–Kier alpha value is -5.22. The van der Waals surface area contributed by atoms with Crippen LogP contribution in [0.3, 0.4) is 0 Å². The zero-order valence-electron chi connectivity index (χ0n) is 27.3. The Morgan fingerprint density at radius 3 is 2.20 bits per heavy atom. The summed E-state index contributed by atoms with van der Waals surface area (Å²) in [6, 6.07) is 8.91. The van der Waals surface area contributed by atoms with Gasteiger partial charge in [-0.15, -0.1) is 0 Å². The van der Waals surface area contributed by atoms with E-state index in [1.54, 1.807) is 36.4 Å². The van der Waals surface area contributed by atoms with Crippen LogP contribution >= 0.6 is 0 Å². The summed E-state index contributed by atoms with van der Waals surface area (Å²) in [4.78, 5) is 67.0. The molecule has 6 atom stereocenters. The zero-order chi connectivity index (χ0) is 36.1. The number of benzene rings is 2. The number of phenols is 1. The van der Waals surface area contributed by atoms with E-state index in [-0.39, 0.29) is 50.5 Å². The summed E-state index contributed by atoms with van der Waals surface area (Å²) >= 11 is 0. The predicted octanol–water partition coefficient (Wildman–Crippen LogP) is -1.32. The second kappa shape index (κ2) is 18.4. The Morgan fingerprint density at radius 1 is 0.939 bits per heavy atom. The number of guanidine groups is 1. The van der Waals surface area contributed by atoms with Crippen molar-refractivity contribution in [2.45, 2.75) is 81.8 Å². The van der Waals surface area contributed by atoms with Crippen LogP contribution in [0.1, 0.15) is 43.7 Å². The maximum atomic E-state index is 14.0. The lowest BCUT2D eigenvalue weighted by Gasteiger charge is -2.31. The lowest BCUT2D eigenvalue weighted by atomic mass is 10.0. The number of carboxylic acid groups (broad SMARTS) is 1. The van der Waals surface area contributed by atoms with Gasteiger partial charge in [0.1, 0.15) is 29.9 Å². The van der Waals surface area contributed by atoms with Gasteiger partial charge in [-0.25, -0.2) is 4.79 Å². The molecule has 1 saturated heterocycles. The quantitative estimate of drug-likeness (QED) is 0.0531. The highest BCUT2D eigenvalue weighted by atomic mass is 16.4. The van der Waals surface area contributed by atoms with Crippen molar-refractivity contribution in [1.82, 2.24) is 26.2 Å². The summed E-state index contributed by atoms with van der Waals surface area (Å²) < 4.78 is 0. The highest BCUT2D eigenvalue weighted by Crippen LogP contribution is 2.21. The van der Waals surface area contributed by atoms with Crippen LogP contribution in [0.25, 0.3) is 0 Å². The number of carbonyl (C=O) groups is 5. The number of hydrogen-bond donors (Lipinski definition) is 10. The third-order valence-corrected chi connectivity index (χ3v) is 8.13. The first-order chi connectivity index (χ1) is 23.3. The average Bonchev–Trinajstić information content (AvgIpc) is 3.55. The Kier molecular flexibility index (Phi) is 14.3. The molecule has 49 heavy (non-hydrogen) atoms. The smallest absolute Gasteiger partial charge is 0.326 e. The molecular weight excluding hydrogens is 636 g/mol. The monoisotopic (exact) mass is 682 g/mol. The first kappa shape index (κ1) is 38.2. The second-order valence-electron chi connectivity index (χ2n) is 12.0. The molecule has 0 aromatic heterocycles. The largest absolute Gasteiger partial charge is 0.508 e. The molecule has 16 nitrogen and oxygen atoms in total. The van der Waals surface area contributed by atoms with Gasteiger partial charge < -0.3 is 53.0 Å². The fourth-order valence-electron chi connectivity index (χ4n) is 5.51. The van der Waals surface area contributed by atoms with Gasteiger partial charge in [0.05, 0.1) is 12.1 Å². The number of rotatable bonds is 17. The molecule has 0 saturated carbocycles. The van der Waals surface area contributed by atoms with Crippen LogP contribution in [0.15, 0.2) is 54.6 Å². The fourth-order valence-corrected chi connectivity index (χ4v) is 5.51. The standard InChI is InChI=1S/C33H46N8O8/c1-19(42)27(40-28(44)23(34)17-20-7-3-2-4-8-20)30(46)39-25(18-21-11-13-22(43)14-12-21)31(47)41-16-6-10-26(41)29(45)38-24(32(48)49)9-5-15-37-33(35)36/h2-4,7-8,11-14,19,23-27,42-43H,5-6,9-10,15-18,34H2,1H3,(H,38,45)(H,39,46)(H,40,44)(H,48,49)(H4,35,36,37)/t19-,23+,24+,25+,26+,27+/m1/s1. The highest BCUT2D eigenvalue weighted by Gasteiger charge is 2.40. The maximum Gasteiger partial charge on any atom is 0.326 e. The van der Waals surface area contributed by atoms with Crippen LogP contribution in [0.2, 0.25) is 0 Å². The maximum absolute atomic E-state index is 14.0. The Labute approximate surface area is 284 Å². The summed E-state index contributed by atoms with van der Waals surface area (Å²) in [5, 5.41) is 47.3. The second-order valence-corrected chi connectivity index (χ2v) is 12.0. The van der Waals surface area contributed by atoms with E-state index in [4.69, 9.17) is 16.9 Å². The number of aliphatic hydroxyl groups is 1. The third kappa shape index (κ3) is 11.8. The molecule has 0 spiro atoms. The van der Waals surface area contributed by atoms with Crippen molar-refractivity contribution >= 4 is 35.6 Å². The number of aliphatic carboxylic acids is 1. The van der Waals surface area contributed by atoms with E-state index in [9.17, 15) is 39.3 Å². The molecule has 3 rings (SSSR count). The molecule has 12 N–H and O–H groups in total. The summed E-state index contributed by atoms with van der Waals surface area (Å²) in [5.74, 6) is -4.40. The van der Waals surface area contributed by atoms with Gasteiger partial charge in [0.2, 0.25) is 23.6 Å². The molecule has 266 valence electrons. The first-order valence-corrected chi connectivity index (χ1v) is 16.0. The van der Waals surface area contributed by atoms with Crippen molar-refractivity contribution in [1.29, 1.82) is 5.41 Å². The van der Waals surface area contributed by atoms with E-state index < -0.39 is 65.9 Å². The van der Waals surface area contributed by atoms with Crippen molar-refractivity contribution in [3.05, 3.63) is 65.7 Å². The lowest BCUT2D eigenvalue weighted by molar-refractivity contribution is -0.145. The zero-order valence-corrected chi connectivity index (χ0v) is 27.3. The lowest BCUT2D eigenvalue weighted by Crippen LogP contribution is -2.60. The number of amides is 4. The van der Waals surface area contributed by atoms with Crippen LogP contribution in [0, 0.1) is 5.41 Å². The first-order valence-electron chi connectivity index (χ1n) is 16.0. The Morgan fingerprint density at radius 2 is 1.59 bits per heavy atom. The minimum absolute atomic E-state index is 0.0132. The molecule has 0 aliphatic carbocycles.